The van der Waals surface area contributed by atoms with Gasteiger partial charge in [0, 0.05) is 32.4 Å². The number of piperidine rings is 1. The first kappa shape index (κ1) is 16.2. The van der Waals surface area contributed by atoms with Crippen molar-refractivity contribution >= 4 is 21.7 Å². The van der Waals surface area contributed by atoms with Crippen LogP contribution in [0.3, 0.4) is 0 Å². The number of pyridine rings is 1. The lowest BCUT2D eigenvalue weighted by molar-refractivity contribution is -0.121. The van der Waals surface area contributed by atoms with E-state index in [2.05, 4.69) is 4.98 Å². The van der Waals surface area contributed by atoms with E-state index in [-0.39, 0.29) is 16.7 Å². The molecule has 3 rings (SSSR count). The Kier molecular flexibility index (Phi) is 4.54. The molecule has 0 bridgehead atoms. The highest BCUT2D eigenvalue weighted by Gasteiger charge is 2.34. The number of carbonyl (C=O) groups excluding carboxylic acids is 1. The number of carbonyl (C=O) groups is 1. The number of primary amides is 1. The number of nitrogens with zero attached hydrogens (tertiary/aromatic N) is 3. The predicted octanol–water partition coefficient (Wildman–Crippen LogP) is 0.568. The maximum Gasteiger partial charge on any atom is 0.246 e. The van der Waals surface area contributed by atoms with Gasteiger partial charge in [0.05, 0.1) is 5.92 Å². The minimum atomic E-state index is -3.55. The second kappa shape index (κ2) is 6.45. The van der Waals surface area contributed by atoms with E-state index in [1.54, 1.807) is 22.6 Å². The first-order valence-corrected chi connectivity index (χ1v) is 9.43. The second-order valence-corrected chi connectivity index (χ2v) is 8.03. The van der Waals surface area contributed by atoms with Gasteiger partial charge in [0.15, 0.2) is 0 Å². The number of anilines is 1. The van der Waals surface area contributed by atoms with Crippen molar-refractivity contribution in [1.29, 1.82) is 0 Å². The molecule has 2 fully saturated rings. The van der Waals surface area contributed by atoms with Crippen LogP contribution in [-0.2, 0) is 14.8 Å². The van der Waals surface area contributed by atoms with Crippen molar-refractivity contribution in [3.05, 3.63) is 18.3 Å². The molecule has 8 heteroatoms. The Hall–Kier alpha value is -1.67. The molecule has 2 aliphatic heterocycles. The monoisotopic (exact) mass is 338 g/mol. The summed E-state index contributed by atoms with van der Waals surface area (Å²) in [5.74, 6) is -0.159. The zero-order chi connectivity index (χ0) is 16.4. The molecule has 1 atom stereocenters. The van der Waals surface area contributed by atoms with E-state index in [0.29, 0.717) is 38.4 Å². The summed E-state index contributed by atoms with van der Waals surface area (Å²) in [5.41, 5.74) is 5.37. The second-order valence-electron chi connectivity index (χ2n) is 6.12. The molecule has 7 nitrogen and oxygen atoms in total. The van der Waals surface area contributed by atoms with E-state index in [9.17, 15) is 13.2 Å². The molecule has 1 amide bonds. The van der Waals surface area contributed by atoms with Crippen molar-refractivity contribution in [2.75, 3.05) is 31.1 Å². The summed E-state index contributed by atoms with van der Waals surface area (Å²) >= 11 is 0. The molecule has 1 unspecified atom stereocenters. The standard InChI is InChI=1S/C15H22N4O3S/c16-14(20)12-6-10-18(11-12)15-13(5-4-7-17-15)23(21,22)19-8-2-1-3-9-19/h4-5,7,12H,1-3,6,8-11H2,(H2,16,20). The van der Waals surface area contributed by atoms with Crippen LogP contribution in [0, 0.1) is 5.92 Å². The van der Waals surface area contributed by atoms with Crippen LogP contribution >= 0.6 is 0 Å². The van der Waals surface area contributed by atoms with Gasteiger partial charge in [-0.3, -0.25) is 4.79 Å². The van der Waals surface area contributed by atoms with Crippen LogP contribution in [-0.4, -0.2) is 49.8 Å². The quantitative estimate of drug-likeness (QED) is 0.865. The van der Waals surface area contributed by atoms with Gasteiger partial charge in [-0.2, -0.15) is 4.31 Å². The van der Waals surface area contributed by atoms with Crippen LogP contribution in [0.15, 0.2) is 23.2 Å². The Morgan fingerprint density at radius 1 is 1.22 bits per heavy atom. The van der Waals surface area contributed by atoms with E-state index in [0.717, 1.165) is 19.3 Å². The molecule has 1 aromatic heterocycles. The normalized spacial score (nSPS) is 23.1. The van der Waals surface area contributed by atoms with Crippen molar-refractivity contribution in [3.8, 4) is 0 Å². The van der Waals surface area contributed by atoms with E-state index in [4.69, 9.17) is 5.73 Å². The molecule has 2 N–H and O–H groups in total. The third kappa shape index (κ3) is 3.18. The van der Waals surface area contributed by atoms with E-state index in [1.165, 1.54) is 0 Å². The number of sulfonamides is 1. The fourth-order valence-corrected chi connectivity index (χ4v) is 4.93. The predicted molar refractivity (Wildman–Crippen MR) is 86.4 cm³/mol. The summed E-state index contributed by atoms with van der Waals surface area (Å²) in [7, 11) is -3.55. The smallest absolute Gasteiger partial charge is 0.246 e. The maximum atomic E-state index is 12.9. The first-order chi connectivity index (χ1) is 11.0. The first-order valence-electron chi connectivity index (χ1n) is 7.99. The van der Waals surface area contributed by atoms with Crippen molar-refractivity contribution < 1.29 is 13.2 Å². The lowest BCUT2D eigenvalue weighted by atomic mass is 10.1. The number of amides is 1. The van der Waals surface area contributed by atoms with Crippen LogP contribution in [0.5, 0.6) is 0 Å². The Morgan fingerprint density at radius 2 is 1.96 bits per heavy atom. The lowest BCUT2D eigenvalue weighted by Crippen LogP contribution is -2.37. The van der Waals surface area contributed by atoms with Crippen LogP contribution in [0.2, 0.25) is 0 Å². The third-order valence-corrected chi connectivity index (χ3v) is 6.49. The largest absolute Gasteiger partial charge is 0.369 e. The number of hydrogen-bond donors (Lipinski definition) is 1. The molecule has 0 radical (unpaired) electrons. The highest BCUT2D eigenvalue weighted by Crippen LogP contribution is 2.30. The van der Waals surface area contributed by atoms with E-state index >= 15 is 0 Å². The van der Waals surface area contributed by atoms with Gasteiger partial charge in [0.2, 0.25) is 15.9 Å². The summed E-state index contributed by atoms with van der Waals surface area (Å²) in [6.07, 6.45) is 5.07. The molecule has 2 saturated heterocycles. The van der Waals surface area contributed by atoms with Gasteiger partial charge in [-0.1, -0.05) is 6.42 Å². The zero-order valence-corrected chi connectivity index (χ0v) is 13.8. The summed E-state index contributed by atoms with van der Waals surface area (Å²) in [6.45, 7) is 2.13. The fourth-order valence-electron chi connectivity index (χ4n) is 3.25. The maximum absolute atomic E-state index is 12.9. The highest BCUT2D eigenvalue weighted by molar-refractivity contribution is 7.89. The average Bonchev–Trinajstić information content (AvgIpc) is 3.06. The Morgan fingerprint density at radius 3 is 2.61 bits per heavy atom. The van der Waals surface area contributed by atoms with Gasteiger partial charge >= 0.3 is 0 Å². The molecule has 1 aromatic rings. The van der Waals surface area contributed by atoms with Gasteiger partial charge in [-0.15, -0.1) is 0 Å². The number of aromatic nitrogens is 1. The molecule has 0 aliphatic carbocycles. The van der Waals surface area contributed by atoms with Gasteiger partial charge < -0.3 is 10.6 Å². The molecular formula is C15H22N4O3S. The molecule has 3 heterocycles. The van der Waals surface area contributed by atoms with E-state index < -0.39 is 10.0 Å². The van der Waals surface area contributed by atoms with E-state index in [1.807, 2.05) is 4.90 Å². The van der Waals surface area contributed by atoms with Gasteiger partial charge in [0.1, 0.15) is 10.7 Å². The third-order valence-electron chi connectivity index (χ3n) is 4.57. The molecule has 0 spiro atoms. The van der Waals surface area contributed by atoms with Crippen LogP contribution in [0.25, 0.3) is 0 Å². The minimum Gasteiger partial charge on any atom is -0.369 e. The SMILES string of the molecule is NC(=O)C1CCN(c2ncccc2S(=O)(=O)N2CCCCC2)C1. The van der Waals surface area contributed by atoms with Gasteiger partial charge in [-0.05, 0) is 31.4 Å². The molecular weight excluding hydrogens is 316 g/mol. The summed E-state index contributed by atoms with van der Waals surface area (Å²) in [6, 6.07) is 3.24. The molecule has 126 valence electrons. The zero-order valence-electron chi connectivity index (χ0n) is 13.0. The number of nitrogens with two attached hydrogens (primary N) is 1. The molecule has 2 aliphatic rings. The molecule has 0 aromatic carbocycles. The van der Waals surface area contributed by atoms with Crippen molar-refractivity contribution in [1.82, 2.24) is 9.29 Å². The number of hydrogen-bond acceptors (Lipinski definition) is 5. The minimum absolute atomic E-state index is 0.229. The Balaban J connectivity index is 1.90. The molecule has 23 heavy (non-hydrogen) atoms. The van der Waals surface area contributed by atoms with Gasteiger partial charge in [0.25, 0.3) is 0 Å². The van der Waals surface area contributed by atoms with Crippen LogP contribution in [0.1, 0.15) is 25.7 Å². The topological polar surface area (TPSA) is 96.6 Å². The summed E-state index contributed by atoms with van der Waals surface area (Å²) in [4.78, 5) is 17.7. The average molecular weight is 338 g/mol. The lowest BCUT2D eigenvalue weighted by Gasteiger charge is -2.28. The van der Waals surface area contributed by atoms with Crippen LogP contribution < -0.4 is 10.6 Å². The van der Waals surface area contributed by atoms with Crippen molar-refractivity contribution in [2.24, 2.45) is 11.7 Å². The van der Waals surface area contributed by atoms with Gasteiger partial charge in [-0.25, -0.2) is 13.4 Å². The number of rotatable bonds is 4. The fraction of sp³-hybridized carbons (Fsp3) is 0.600. The summed E-state index contributed by atoms with van der Waals surface area (Å²) in [5, 5.41) is 0. The van der Waals surface area contributed by atoms with Crippen molar-refractivity contribution in [3.63, 3.8) is 0 Å². The molecule has 0 saturated carbocycles. The summed E-state index contributed by atoms with van der Waals surface area (Å²) < 4.78 is 27.4. The van der Waals surface area contributed by atoms with Crippen LogP contribution in [0.4, 0.5) is 5.82 Å². The highest BCUT2D eigenvalue weighted by atomic mass is 32.2. The Labute approximate surface area is 136 Å². The van der Waals surface area contributed by atoms with Crippen molar-refractivity contribution in [2.45, 2.75) is 30.6 Å². The Bertz CT molecular complexity index is 686.